The molecule has 0 aliphatic carbocycles. The highest BCUT2D eigenvalue weighted by Crippen LogP contribution is 2.05. The van der Waals surface area contributed by atoms with E-state index in [9.17, 15) is 0 Å². The Balaban J connectivity index is 3.83. The first-order chi connectivity index (χ1) is 7.15. The Kier molecular flexibility index (Phi) is 9.12. The maximum atomic E-state index is 3.61. The summed E-state index contributed by atoms with van der Waals surface area (Å²) in [4.78, 5) is 2.49. The molecule has 0 bridgehead atoms. The van der Waals surface area contributed by atoms with E-state index in [-0.39, 0.29) is 0 Å². The van der Waals surface area contributed by atoms with Crippen molar-refractivity contribution < 1.29 is 0 Å². The van der Waals surface area contributed by atoms with Crippen molar-refractivity contribution in [2.75, 3.05) is 20.1 Å². The molecule has 0 saturated heterocycles. The monoisotopic (exact) mass is 214 g/mol. The van der Waals surface area contributed by atoms with Crippen molar-refractivity contribution in [3.63, 3.8) is 0 Å². The predicted octanol–water partition coefficient (Wildman–Crippen LogP) is 2.89. The summed E-state index contributed by atoms with van der Waals surface area (Å²) in [6.45, 7) is 11.4. The van der Waals surface area contributed by atoms with E-state index in [0.29, 0.717) is 12.1 Å². The van der Waals surface area contributed by atoms with E-state index in [2.05, 4.69) is 45.0 Å². The molecule has 0 amide bonds. The molecular weight excluding hydrogens is 184 g/mol. The molecule has 0 rings (SSSR count). The van der Waals surface area contributed by atoms with E-state index in [1.807, 2.05) is 0 Å². The van der Waals surface area contributed by atoms with Crippen LogP contribution in [-0.4, -0.2) is 37.1 Å². The molecule has 0 aliphatic heterocycles. The number of nitrogens with zero attached hydrogens (tertiary/aromatic N) is 1. The predicted molar refractivity (Wildman–Crippen MR) is 69.4 cm³/mol. The van der Waals surface area contributed by atoms with E-state index in [0.717, 1.165) is 6.54 Å². The molecule has 0 radical (unpaired) electrons. The van der Waals surface area contributed by atoms with E-state index in [4.69, 9.17) is 0 Å². The summed E-state index contributed by atoms with van der Waals surface area (Å²) in [5.74, 6) is 0. The molecule has 0 saturated carbocycles. The maximum Gasteiger partial charge on any atom is 0.0192 e. The zero-order valence-corrected chi connectivity index (χ0v) is 11.3. The molecule has 0 fully saturated rings. The second-order valence-electron chi connectivity index (χ2n) is 4.64. The highest BCUT2D eigenvalue weighted by molar-refractivity contribution is 4.72. The van der Waals surface area contributed by atoms with E-state index < -0.39 is 0 Å². The van der Waals surface area contributed by atoms with Crippen LogP contribution < -0.4 is 5.32 Å². The Bertz CT molecular complexity index is 136. The average molecular weight is 214 g/mol. The second kappa shape index (κ2) is 9.17. The van der Waals surface area contributed by atoms with Crippen LogP contribution in [0.15, 0.2) is 0 Å². The third-order valence-corrected chi connectivity index (χ3v) is 3.14. The fraction of sp³-hybridized carbons (Fsp3) is 1.00. The van der Waals surface area contributed by atoms with Crippen LogP contribution in [0.2, 0.25) is 0 Å². The van der Waals surface area contributed by atoms with Crippen molar-refractivity contribution >= 4 is 0 Å². The van der Waals surface area contributed by atoms with Crippen molar-refractivity contribution in [2.24, 2.45) is 0 Å². The van der Waals surface area contributed by atoms with Gasteiger partial charge in [0.1, 0.15) is 0 Å². The van der Waals surface area contributed by atoms with Gasteiger partial charge in [-0.2, -0.15) is 0 Å². The summed E-state index contributed by atoms with van der Waals surface area (Å²) < 4.78 is 0. The average Bonchev–Trinajstić information content (AvgIpc) is 2.24. The highest BCUT2D eigenvalue weighted by Gasteiger charge is 2.12. The van der Waals surface area contributed by atoms with E-state index in [1.54, 1.807) is 0 Å². The molecule has 1 N–H and O–H groups in total. The van der Waals surface area contributed by atoms with Crippen LogP contribution >= 0.6 is 0 Å². The van der Waals surface area contributed by atoms with Gasteiger partial charge in [-0.1, -0.05) is 27.2 Å². The molecule has 0 heterocycles. The molecule has 2 atom stereocenters. The Morgan fingerprint density at radius 2 is 1.80 bits per heavy atom. The van der Waals surface area contributed by atoms with Gasteiger partial charge in [0.15, 0.2) is 0 Å². The van der Waals surface area contributed by atoms with Gasteiger partial charge >= 0.3 is 0 Å². The largest absolute Gasteiger partial charge is 0.313 e. The number of likely N-dealkylation sites (N-methyl/N-ethyl adjacent to an activating group) is 1. The topological polar surface area (TPSA) is 15.3 Å². The lowest BCUT2D eigenvalue weighted by Gasteiger charge is -2.29. The maximum absolute atomic E-state index is 3.61. The minimum Gasteiger partial charge on any atom is -0.313 e. The SMILES string of the molecule is CCCNC(CC)CN(C)C(C)CCC. The van der Waals surface area contributed by atoms with E-state index in [1.165, 1.54) is 32.2 Å². The van der Waals surface area contributed by atoms with Crippen LogP contribution in [0.25, 0.3) is 0 Å². The zero-order chi connectivity index (χ0) is 11.7. The van der Waals surface area contributed by atoms with Crippen molar-refractivity contribution in [1.29, 1.82) is 0 Å². The molecule has 2 heteroatoms. The molecule has 92 valence electrons. The molecule has 0 aromatic carbocycles. The number of nitrogens with one attached hydrogen (secondary N) is 1. The van der Waals surface area contributed by atoms with Gasteiger partial charge in [-0.3, -0.25) is 0 Å². The summed E-state index contributed by atoms with van der Waals surface area (Å²) >= 11 is 0. The molecular formula is C13H30N2. The van der Waals surface area contributed by atoms with Gasteiger partial charge in [0.05, 0.1) is 0 Å². The molecule has 0 aromatic rings. The summed E-state index contributed by atoms with van der Waals surface area (Å²) in [6, 6.07) is 1.38. The summed E-state index contributed by atoms with van der Waals surface area (Å²) in [6.07, 6.45) is 5.04. The molecule has 0 spiro atoms. The lowest BCUT2D eigenvalue weighted by atomic mass is 10.1. The first kappa shape index (κ1) is 14.9. The lowest BCUT2D eigenvalue weighted by molar-refractivity contribution is 0.216. The van der Waals surface area contributed by atoms with Gasteiger partial charge < -0.3 is 10.2 Å². The number of hydrogen-bond acceptors (Lipinski definition) is 2. The quantitative estimate of drug-likeness (QED) is 0.635. The van der Waals surface area contributed by atoms with Crippen LogP contribution in [-0.2, 0) is 0 Å². The van der Waals surface area contributed by atoms with Gasteiger partial charge in [-0.25, -0.2) is 0 Å². The third-order valence-electron chi connectivity index (χ3n) is 3.14. The van der Waals surface area contributed by atoms with Gasteiger partial charge in [0, 0.05) is 18.6 Å². The number of hydrogen-bond donors (Lipinski definition) is 1. The molecule has 2 nitrogen and oxygen atoms in total. The van der Waals surface area contributed by atoms with E-state index >= 15 is 0 Å². The standard InChI is InChI=1S/C13H30N2/c1-6-9-12(4)15(5)11-13(8-3)14-10-7-2/h12-14H,6-11H2,1-5H3. The number of rotatable bonds is 9. The fourth-order valence-electron chi connectivity index (χ4n) is 1.85. The van der Waals surface area contributed by atoms with Crippen molar-refractivity contribution in [3.8, 4) is 0 Å². The van der Waals surface area contributed by atoms with Crippen molar-refractivity contribution in [3.05, 3.63) is 0 Å². The minimum atomic E-state index is 0.661. The molecule has 15 heavy (non-hydrogen) atoms. The zero-order valence-electron chi connectivity index (χ0n) is 11.3. The molecule has 2 unspecified atom stereocenters. The second-order valence-corrected chi connectivity index (χ2v) is 4.64. The summed E-state index contributed by atoms with van der Waals surface area (Å²) in [7, 11) is 2.25. The van der Waals surface area contributed by atoms with Gasteiger partial charge in [-0.05, 0) is 39.8 Å². The minimum absolute atomic E-state index is 0.661. The Labute approximate surface area is 96.4 Å². The van der Waals surface area contributed by atoms with Crippen LogP contribution in [0.5, 0.6) is 0 Å². The first-order valence-electron chi connectivity index (χ1n) is 6.59. The normalized spacial score (nSPS) is 15.6. The summed E-state index contributed by atoms with van der Waals surface area (Å²) in [5.41, 5.74) is 0. The van der Waals surface area contributed by atoms with Gasteiger partial charge in [-0.15, -0.1) is 0 Å². The Morgan fingerprint density at radius 3 is 2.27 bits per heavy atom. The van der Waals surface area contributed by atoms with Gasteiger partial charge in [0.2, 0.25) is 0 Å². The Morgan fingerprint density at radius 1 is 1.13 bits per heavy atom. The van der Waals surface area contributed by atoms with Crippen LogP contribution in [0, 0.1) is 0 Å². The Hall–Kier alpha value is -0.0800. The highest BCUT2D eigenvalue weighted by atomic mass is 15.1. The lowest BCUT2D eigenvalue weighted by Crippen LogP contribution is -2.42. The van der Waals surface area contributed by atoms with Crippen molar-refractivity contribution in [1.82, 2.24) is 10.2 Å². The molecule has 0 aliphatic rings. The summed E-state index contributed by atoms with van der Waals surface area (Å²) in [5, 5.41) is 3.61. The van der Waals surface area contributed by atoms with Gasteiger partial charge in [0.25, 0.3) is 0 Å². The van der Waals surface area contributed by atoms with Crippen molar-refractivity contribution in [2.45, 2.75) is 65.5 Å². The fourth-order valence-corrected chi connectivity index (χ4v) is 1.85. The van der Waals surface area contributed by atoms with Crippen LogP contribution in [0.4, 0.5) is 0 Å². The third kappa shape index (κ3) is 6.91. The van der Waals surface area contributed by atoms with Crippen LogP contribution in [0.1, 0.15) is 53.4 Å². The van der Waals surface area contributed by atoms with Crippen LogP contribution in [0.3, 0.4) is 0 Å². The smallest absolute Gasteiger partial charge is 0.0192 e. The first-order valence-corrected chi connectivity index (χ1v) is 6.59. The molecule has 0 aromatic heterocycles.